The SMILES string of the molecule is CCCC1CCN(c2cc(Br)ccc2CCl)CC1. The highest BCUT2D eigenvalue weighted by atomic mass is 79.9. The van der Waals surface area contributed by atoms with Crippen molar-refractivity contribution in [3.8, 4) is 0 Å². The van der Waals surface area contributed by atoms with Gasteiger partial charge in [0.25, 0.3) is 0 Å². The van der Waals surface area contributed by atoms with Crippen molar-refractivity contribution in [1.29, 1.82) is 0 Å². The van der Waals surface area contributed by atoms with Gasteiger partial charge in [-0.05, 0) is 36.5 Å². The number of hydrogen-bond acceptors (Lipinski definition) is 1. The molecule has 0 aromatic heterocycles. The Bertz CT molecular complexity index is 386. The van der Waals surface area contributed by atoms with Crippen LogP contribution in [0.3, 0.4) is 0 Å². The average Bonchev–Trinajstić information content (AvgIpc) is 2.40. The summed E-state index contributed by atoms with van der Waals surface area (Å²) in [7, 11) is 0. The lowest BCUT2D eigenvalue weighted by Gasteiger charge is -2.34. The van der Waals surface area contributed by atoms with Crippen molar-refractivity contribution in [2.45, 2.75) is 38.5 Å². The lowest BCUT2D eigenvalue weighted by molar-refractivity contribution is 0.378. The van der Waals surface area contributed by atoms with Gasteiger partial charge in [0.2, 0.25) is 0 Å². The van der Waals surface area contributed by atoms with Gasteiger partial charge in [0, 0.05) is 29.1 Å². The summed E-state index contributed by atoms with van der Waals surface area (Å²) in [6.07, 6.45) is 5.34. The van der Waals surface area contributed by atoms with E-state index in [1.807, 2.05) is 0 Å². The Kier molecular flexibility index (Phi) is 5.38. The first-order valence-electron chi connectivity index (χ1n) is 6.84. The summed E-state index contributed by atoms with van der Waals surface area (Å²) in [5.74, 6) is 1.52. The molecule has 3 heteroatoms. The normalized spacial score (nSPS) is 17.2. The van der Waals surface area contributed by atoms with E-state index in [1.165, 1.54) is 50.0 Å². The predicted molar refractivity (Wildman–Crippen MR) is 83.5 cm³/mol. The zero-order chi connectivity index (χ0) is 13.0. The van der Waals surface area contributed by atoms with Crippen molar-refractivity contribution >= 4 is 33.2 Å². The topological polar surface area (TPSA) is 3.24 Å². The van der Waals surface area contributed by atoms with E-state index >= 15 is 0 Å². The van der Waals surface area contributed by atoms with Crippen LogP contribution in [0.1, 0.15) is 38.2 Å². The standard InChI is InChI=1S/C15H21BrClN/c1-2-3-12-6-8-18(9-7-12)15-10-14(16)5-4-13(15)11-17/h4-5,10,12H,2-3,6-9,11H2,1H3. The Morgan fingerprint density at radius 3 is 2.67 bits per heavy atom. The molecule has 0 atom stereocenters. The van der Waals surface area contributed by atoms with E-state index in [0.29, 0.717) is 5.88 Å². The minimum absolute atomic E-state index is 0.595. The molecule has 0 spiro atoms. The molecule has 1 aromatic rings. The van der Waals surface area contributed by atoms with Gasteiger partial charge in [-0.15, -0.1) is 11.6 Å². The number of hydrogen-bond donors (Lipinski definition) is 0. The molecule has 1 aliphatic rings. The maximum atomic E-state index is 6.04. The number of rotatable bonds is 4. The minimum Gasteiger partial charge on any atom is -0.371 e. The summed E-state index contributed by atoms with van der Waals surface area (Å²) in [5, 5.41) is 0. The Morgan fingerprint density at radius 1 is 1.33 bits per heavy atom. The minimum atomic E-state index is 0.595. The monoisotopic (exact) mass is 329 g/mol. The zero-order valence-electron chi connectivity index (χ0n) is 11.0. The van der Waals surface area contributed by atoms with E-state index in [2.05, 4.69) is 46.0 Å². The number of anilines is 1. The summed E-state index contributed by atoms with van der Waals surface area (Å²) >= 11 is 9.60. The van der Waals surface area contributed by atoms with Crippen molar-refractivity contribution < 1.29 is 0 Å². The average molecular weight is 331 g/mol. The first-order chi connectivity index (χ1) is 8.74. The van der Waals surface area contributed by atoms with E-state index in [4.69, 9.17) is 11.6 Å². The van der Waals surface area contributed by atoms with Crippen LogP contribution in [0.5, 0.6) is 0 Å². The zero-order valence-corrected chi connectivity index (χ0v) is 13.3. The molecule has 0 N–H and O–H groups in total. The third-order valence-corrected chi connectivity index (χ3v) is 4.62. The van der Waals surface area contributed by atoms with Gasteiger partial charge in [0.05, 0.1) is 0 Å². The van der Waals surface area contributed by atoms with Gasteiger partial charge in [-0.1, -0.05) is 41.8 Å². The fraction of sp³-hybridized carbons (Fsp3) is 0.600. The van der Waals surface area contributed by atoms with Crippen LogP contribution in [0.15, 0.2) is 22.7 Å². The maximum Gasteiger partial charge on any atom is 0.0494 e. The van der Waals surface area contributed by atoms with E-state index in [0.717, 1.165) is 10.4 Å². The second-order valence-electron chi connectivity index (χ2n) is 5.13. The quantitative estimate of drug-likeness (QED) is 0.685. The van der Waals surface area contributed by atoms with Gasteiger partial charge < -0.3 is 4.90 Å². The van der Waals surface area contributed by atoms with Crippen LogP contribution in [0.4, 0.5) is 5.69 Å². The van der Waals surface area contributed by atoms with Gasteiger partial charge in [-0.25, -0.2) is 0 Å². The molecule has 0 aliphatic carbocycles. The number of halogens is 2. The summed E-state index contributed by atoms with van der Waals surface area (Å²) in [4.78, 5) is 2.49. The summed E-state index contributed by atoms with van der Waals surface area (Å²) in [5.41, 5.74) is 2.56. The summed E-state index contributed by atoms with van der Waals surface area (Å²) in [6, 6.07) is 6.41. The third kappa shape index (κ3) is 3.42. The molecule has 18 heavy (non-hydrogen) atoms. The van der Waals surface area contributed by atoms with E-state index in [1.54, 1.807) is 0 Å². The predicted octanol–water partition coefficient (Wildman–Crippen LogP) is 5.20. The lowest BCUT2D eigenvalue weighted by Crippen LogP contribution is -2.34. The molecule has 0 bridgehead atoms. The second-order valence-corrected chi connectivity index (χ2v) is 6.31. The van der Waals surface area contributed by atoms with Crippen molar-refractivity contribution in [3.05, 3.63) is 28.2 Å². The molecule has 0 saturated carbocycles. The van der Waals surface area contributed by atoms with E-state index in [9.17, 15) is 0 Å². The maximum absolute atomic E-state index is 6.04. The van der Waals surface area contributed by atoms with Crippen LogP contribution in [0.2, 0.25) is 0 Å². The van der Waals surface area contributed by atoms with E-state index in [-0.39, 0.29) is 0 Å². The lowest BCUT2D eigenvalue weighted by atomic mass is 9.92. The Hall–Kier alpha value is -0.210. The Balaban J connectivity index is 2.06. The van der Waals surface area contributed by atoms with Crippen molar-refractivity contribution in [3.63, 3.8) is 0 Å². The summed E-state index contributed by atoms with van der Waals surface area (Å²) < 4.78 is 1.14. The molecule has 0 radical (unpaired) electrons. The van der Waals surface area contributed by atoms with Crippen molar-refractivity contribution in [2.24, 2.45) is 5.92 Å². The second kappa shape index (κ2) is 6.81. The fourth-order valence-corrected chi connectivity index (χ4v) is 3.39. The van der Waals surface area contributed by atoms with Crippen LogP contribution < -0.4 is 4.90 Å². The highest BCUT2D eigenvalue weighted by Crippen LogP contribution is 2.31. The number of alkyl halides is 1. The fourth-order valence-electron chi connectivity index (χ4n) is 2.82. The molecule has 100 valence electrons. The Morgan fingerprint density at radius 2 is 2.06 bits per heavy atom. The highest BCUT2D eigenvalue weighted by molar-refractivity contribution is 9.10. The number of benzene rings is 1. The van der Waals surface area contributed by atoms with Gasteiger partial charge in [0.1, 0.15) is 0 Å². The highest BCUT2D eigenvalue weighted by Gasteiger charge is 2.20. The molecule has 0 unspecified atom stereocenters. The molecule has 1 aliphatic heterocycles. The Labute approximate surface area is 124 Å². The number of piperidine rings is 1. The molecule has 1 fully saturated rings. The van der Waals surface area contributed by atoms with E-state index < -0.39 is 0 Å². The van der Waals surface area contributed by atoms with Crippen LogP contribution in [0.25, 0.3) is 0 Å². The molecule has 1 heterocycles. The molecular formula is C15H21BrClN. The van der Waals surface area contributed by atoms with Crippen LogP contribution in [-0.2, 0) is 5.88 Å². The molecular weight excluding hydrogens is 310 g/mol. The third-order valence-electron chi connectivity index (χ3n) is 3.84. The van der Waals surface area contributed by atoms with Crippen LogP contribution in [0, 0.1) is 5.92 Å². The molecule has 1 nitrogen and oxygen atoms in total. The molecule has 0 amide bonds. The number of nitrogens with zero attached hydrogens (tertiary/aromatic N) is 1. The van der Waals surface area contributed by atoms with Crippen molar-refractivity contribution in [2.75, 3.05) is 18.0 Å². The van der Waals surface area contributed by atoms with Crippen LogP contribution in [-0.4, -0.2) is 13.1 Å². The molecule has 1 saturated heterocycles. The first-order valence-corrected chi connectivity index (χ1v) is 8.16. The first kappa shape index (κ1) is 14.2. The van der Waals surface area contributed by atoms with Gasteiger partial charge in [-0.3, -0.25) is 0 Å². The smallest absolute Gasteiger partial charge is 0.0494 e. The summed E-state index contributed by atoms with van der Waals surface area (Å²) in [6.45, 7) is 4.63. The van der Waals surface area contributed by atoms with Gasteiger partial charge >= 0.3 is 0 Å². The van der Waals surface area contributed by atoms with Gasteiger partial charge in [-0.2, -0.15) is 0 Å². The molecule has 2 rings (SSSR count). The van der Waals surface area contributed by atoms with Crippen molar-refractivity contribution in [1.82, 2.24) is 0 Å². The molecule has 1 aromatic carbocycles. The van der Waals surface area contributed by atoms with Crippen LogP contribution >= 0.6 is 27.5 Å². The van der Waals surface area contributed by atoms with Gasteiger partial charge in [0.15, 0.2) is 0 Å². The largest absolute Gasteiger partial charge is 0.371 e.